The van der Waals surface area contributed by atoms with E-state index >= 15 is 0 Å². The van der Waals surface area contributed by atoms with Crippen LogP contribution in [-0.2, 0) is 0 Å². The van der Waals surface area contributed by atoms with Gasteiger partial charge in [0.1, 0.15) is 0 Å². The van der Waals surface area contributed by atoms with Crippen LogP contribution < -0.4 is 5.73 Å². The fourth-order valence-electron chi connectivity index (χ4n) is 2.74. The Hall–Kier alpha value is -1.16. The standard InChI is InChI=1S/C17H24ClN3/c1-3-4-5-11-21(2)16(12-19)14-8-9-15(18)13-7-6-10-20-17(13)14/h6-10,16H,3-5,11-12,19H2,1-2H3. The van der Waals surface area contributed by atoms with Crippen molar-refractivity contribution in [1.29, 1.82) is 0 Å². The minimum Gasteiger partial charge on any atom is -0.329 e. The lowest BCUT2D eigenvalue weighted by Gasteiger charge is -2.28. The maximum Gasteiger partial charge on any atom is 0.0765 e. The van der Waals surface area contributed by atoms with Crippen LogP contribution in [0.1, 0.15) is 37.8 Å². The number of likely N-dealkylation sites (N-methyl/N-ethyl adjacent to an activating group) is 1. The Morgan fingerprint density at radius 2 is 2.10 bits per heavy atom. The van der Waals surface area contributed by atoms with E-state index in [9.17, 15) is 0 Å². The summed E-state index contributed by atoms with van der Waals surface area (Å²) in [5, 5.41) is 1.74. The van der Waals surface area contributed by atoms with Crippen molar-refractivity contribution in [3.8, 4) is 0 Å². The molecule has 0 saturated carbocycles. The number of nitrogens with two attached hydrogens (primary N) is 1. The topological polar surface area (TPSA) is 42.1 Å². The van der Waals surface area contributed by atoms with Crippen LogP contribution in [0.25, 0.3) is 10.9 Å². The van der Waals surface area contributed by atoms with Crippen LogP contribution in [0.4, 0.5) is 0 Å². The predicted octanol–water partition coefficient (Wildman–Crippen LogP) is 4.01. The lowest BCUT2D eigenvalue weighted by molar-refractivity contribution is 0.246. The van der Waals surface area contributed by atoms with Crippen molar-refractivity contribution in [3.05, 3.63) is 41.0 Å². The second kappa shape index (κ2) is 7.74. The van der Waals surface area contributed by atoms with E-state index in [0.29, 0.717) is 6.54 Å². The normalized spacial score (nSPS) is 13.0. The average molecular weight is 306 g/mol. The van der Waals surface area contributed by atoms with Gasteiger partial charge in [-0.3, -0.25) is 9.88 Å². The molecule has 1 aromatic heterocycles. The van der Waals surface area contributed by atoms with Crippen LogP contribution in [0, 0.1) is 0 Å². The quantitative estimate of drug-likeness (QED) is 0.786. The fraction of sp³-hybridized carbons (Fsp3) is 0.471. The van der Waals surface area contributed by atoms with Crippen molar-refractivity contribution < 1.29 is 0 Å². The third kappa shape index (κ3) is 3.73. The van der Waals surface area contributed by atoms with Gasteiger partial charge in [-0.15, -0.1) is 0 Å². The lowest BCUT2D eigenvalue weighted by Crippen LogP contribution is -2.31. The second-order valence-corrected chi connectivity index (χ2v) is 5.88. The summed E-state index contributed by atoms with van der Waals surface area (Å²) in [5.74, 6) is 0. The first-order valence-electron chi connectivity index (χ1n) is 7.62. The molecule has 1 aromatic carbocycles. The molecule has 4 heteroatoms. The van der Waals surface area contributed by atoms with E-state index in [1.165, 1.54) is 19.3 Å². The van der Waals surface area contributed by atoms with Gasteiger partial charge in [0.05, 0.1) is 5.52 Å². The molecule has 3 nitrogen and oxygen atoms in total. The van der Waals surface area contributed by atoms with Gasteiger partial charge in [0.2, 0.25) is 0 Å². The molecule has 2 N–H and O–H groups in total. The van der Waals surface area contributed by atoms with Crippen molar-refractivity contribution in [3.63, 3.8) is 0 Å². The fourth-order valence-corrected chi connectivity index (χ4v) is 2.96. The molecule has 1 heterocycles. The Labute approximate surface area is 132 Å². The van der Waals surface area contributed by atoms with Crippen LogP contribution in [0.5, 0.6) is 0 Å². The zero-order chi connectivity index (χ0) is 15.2. The highest BCUT2D eigenvalue weighted by Gasteiger charge is 2.19. The number of pyridine rings is 1. The summed E-state index contributed by atoms with van der Waals surface area (Å²) in [5.41, 5.74) is 8.16. The monoisotopic (exact) mass is 305 g/mol. The molecule has 0 spiro atoms. The second-order valence-electron chi connectivity index (χ2n) is 5.48. The Bertz CT molecular complexity index is 585. The SMILES string of the molecule is CCCCCN(C)C(CN)c1ccc(Cl)c2cccnc12. The molecule has 1 unspecified atom stereocenters. The molecule has 21 heavy (non-hydrogen) atoms. The number of halogens is 1. The Balaban J connectivity index is 2.32. The zero-order valence-corrected chi connectivity index (χ0v) is 13.6. The molecule has 2 rings (SSSR count). The molecule has 0 aliphatic rings. The van der Waals surface area contributed by atoms with Crippen LogP contribution >= 0.6 is 11.6 Å². The third-order valence-corrected chi connectivity index (χ3v) is 4.31. The lowest BCUT2D eigenvalue weighted by atomic mass is 10.0. The Morgan fingerprint density at radius 1 is 1.29 bits per heavy atom. The van der Waals surface area contributed by atoms with Crippen LogP contribution in [0.3, 0.4) is 0 Å². The first-order valence-corrected chi connectivity index (χ1v) is 8.00. The zero-order valence-electron chi connectivity index (χ0n) is 12.8. The summed E-state index contributed by atoms with van der Waals surface area (Å²) in [6, 6.07) is 8.12. The van der Waals surface area contributed by atoms with Gasteiger partial charge in [-0.1, -0.05) is 37.4 Å². The smallest absolute Gasteiger partial charge is 0.0765 e. The van der Waals surface area contributed by atoms with E-state index in [4.69, 9.17) is 17.3 Å². The van der Waals surface area contributed by atoms with Crippen molar-refractivity contribution in [1.82, 2.24) is 9.88 Å². The number of aromatic nitrogens is 1. The van der Waals surface area contributed by atoms with Gasteiger partial charge in [-0.25, -0.2) is 0 Å². The van der Waals surface area contributed by atoms with Gasteiger partial charge in [0.25, 0.3) is 0 Å². The maximum absolute atomic E-state index is 6.27. The van der Waals surface area contributed by atoms with Crippen LogP contribution in [0.15, 0.2) is 30.5 Å². The summed E-state index contributed by atoms with van der Waals surface area (Å²) >= 11 is 6.27. The highest BCUT2D eigenvalue weighted by atomic mass is 35.5. The third-order valence-electron chi connectivity index (χ3n) is 3.98. The Kier molecular flexibility index (Phi) is 5.97. The molecular weight excluding hydrogens is 282 g/mol. The molecule has 0 radical (unpaired) electrons. The first-order chi connectivity index (χ1) is 10.2. The number of fused-ring (bicyclic) bond motifs is 1. The van der Waals surface area contributed by atoms with Crippen LogP contribution in [-0.4, -0.2) is 30.0 Å². The summed E-state index contributed by atoms with van der Waals surface area (Å²) in [6.45, 7) is 3.85. The van der Waals surface area contributed by atoms with E-state index in [1.54, 1.807) is 0 Å². The number of unbranched alkanes of at least 4 members (excludes halogenated alkanes) is 2. The Morgan fingerprint density at radius 3 is 2.81 bits per heavy atom. The predicted molar refractivity (Wildman–Crippen MR) is 90.7 cm³/mol. The highest BCUT2D eigenvalue weighted by Crippen LogP contribution is 2.30. The summed E-state index contributed by atoms with van der Waals surface area (Å²) in [6.07, 6.45) is 5.49. The summed E-state index contributed by atoms with van der Waals surface area (Å²) in [4.78, 5) is 6.85. The molecule has 2 aromatic rings. The highest BCUT2D eigenvalue weighted by molar-refractivity contribution is 6.35. The molecular formula is C17H24ClN3. The molecule has 0 aliphatic heterocycles. The number of nitrogens with zero attached hydrogens (tertiary/aromatic N) is 2. The van der Waals surface area contributed by atoms with Gasteiger partial charge in [-0.05, 0) is 43.8 Å². The van der Waals surface area contributed by atoms with E-state index < -0.39 is 0 Å². The number of hydrogen-bond acceptors (Lipinski definition) is 3. The van der Waals surface area contributed by atoms with Gasteiger partial charge < -0.3 is 5.73 Å². The molecule has 0 bridgehead atoms. The maximum atomic E-state index is 6.27. The van der Waals surface area contributed by atoms with E-state index in [0.717, 1.165) is 28.0 Å². The van der Waals surface area contributed by atoms with Crippen LogP contribution in [0.2, 0.25) is 5.02 Å². The van der Waals surface area contributed by atoms with E-state index in [2.05, 4.69) is 29.9 Å². The first kappa shape index (κ1) is 16.2. The van der Waals surface area contributed by atoms with Gasteiger partial charge in [0.15, 0.2) is 0 Å². The molecule has 0 aliphatic carbocycles. The molecule has 1 atom stereocenters. The van der Waals surface area contributed by atoms with E-state index in [1.807, 2.05) is 24.4 Å². The number of rotatable bonds is 7. The van der Waals surface area contributed by atoms with Gasteiger partial charge in [-0.2, -0.15) is 0 Å². The molecule has 0 fully saturated rings. The van der Waals surface area contributed by atoms with Crippen molar-refractivity contribution in [2.24, 2.45) is 5.73 Å². The summed E-state index contributed by atoms with van der Waals surface area (Å²) < 4.78 is 0. The van der Waals surface area contributed by atoms with Crippen molar-refractivity contribution in [2.75, 3.05) is 20.1 Å². The van der Waals surface area contributed by atoms with Gasteiger partial charge in [0, 0.05) is 29.2 Å². The average Bonchev–Trinajstić information content (AvgIpc) is 2.51. The minimum absolute atomic E-state index is 0.177. The largest absolute Gasteiger partial charge is 0.329 e. The van der Waals surface area contributed by atoms with Gasteiger partial charge >= 0.3 is 0 Å². The summed E-state index contributed by atoms with van der Waals surface area (Å²) in [7, 11) is 2.14. The number of hydrogen-bond donors (Lipinski definition) is 1. The molecule has 0 amide bonds. The number of benzene rings is 1. The van der Waals surface area contributed by atoms with Crippen molar-refractivity contribution >= 4 is 22.5 Å². The van der Waals surface area contributed by atoms with Crippen molar-refractivity contribution in [2.45, 2.75) is 32.2 Å². The minimum atomic E-state index is 0.177. The molecule has 114 valence electrons. The van der Waals surface area contributed by atoms with E-state index in [-0.39, 0.29) is 6.04 Å². The molecule has 0 saturated heterocycles.